The first-order valence-electron chi connectivity index (χ1n) is 15.7. The first kappa shape index (κ1) is 40.9. The van der Waals surface area contributed by atoms with Gasteiger partial charge in [0.05, 0.1) is 6.10 Å². The highest BCUT2D eigenvalue weighted by Gasteiger charge is 2.68. The molecule has 0 aromatic carbocycles. The summed E-state index contributed by atoms with van der Waals surface area (Å²) in [4.78, 5) is 0. The van der Waals surface area contributed by atoms with Crippen LogP contribution in [0.15, 0.2) is 23.8 Å². The highest BCUT2D eigenvalue weighted by molar-refractivity contribution is 5.23. The molecule has 3 rings (SSSR count). The number of rotatable bonds is 7. The average Bonchev–Trinajstić information content (AvgIpc) is 3.10. The van der Waals surface area contributed by atoms with Crippen molar-refractivity contribution in [3.05, 3.63) is 23.8 Å². The lowest BCUT2D eigenvalue weighted by Gasteiger charge is -2.52. The van der Waals surface area contributed by atoms with Gasteiger partial charge in [0, 0.05) is 13.7 Å². The lowest BCUT2D eigenvalue weighted by atomic mass is 9.53. The Morgan fingerprint density at radius 3 is 1.62 bits per heavy atom. The molecule has 2 fully saturated rings. The summed E-state index contributed by atoms with van der Waals surface area (Å²) in [6, 6.07) is 0. The van der Waals surface area contributed by atoms with Crippen LogP contribution in [0.1, 0.15) is 130 Å². The summed E-state index contributed by atoms with van der Waals surface area (Å²) in [5.41, 5.74) is 2.19. The maximum absolute atomic E-state index is 5.58. The van der Waals surface area contributed by atoms with Gasteiger partial charge in [0.1, 0.15) is 0 Å². The standard InChI is InChI=1S/C15H29NO.C6H8.C6H14.C4H10.2C2H6/c1-7-15(4,14(2,3)9-16-5)11-8-10-12(11)13(10)17-6;1-6-4-2-3-5-6;1-5(2)6(3)4;1-4(2)3;2*1-2/h10-13,16H,7-9H2,1-6H3;2,4-5H,3H2,1H3;5-6H,1-4H3;4H,1-3H3;2*1-2H3. The van der Waals surface area contributed by atoms with Crippen LogP contribution in [-0.2, 0) is 4.74 Å². The molecule has 0 spiro atoms. The number of ether oxygens (including phenoxy) is 1. The van der Waals surface area contributed by atoms with E-state index in [1.807, 2.05) is 34.8 Å². The zero-order valence-corrected chi connectivity index (χ0v) is 29.0. The number of fused-ring (bicyclic) bond motifs is 1. The van der Waals surface area contributed by atoms with Gasteiger partial charge in [0.15, 0.2) is 0 Å². The molecule has 0 heterocycles. The minimum absolute atomic E-state index is 0.354. The molecule has 2 saturated carbocycles. The van der Waals surface area contributed by atoms with Crippen LogP contribution >= 0.6 is 0 Å². The molecule has 2 nitrogen and oxygen atoms in total. The van der Waals surface area contributed by atoms with Crippen LogP contribution in [0.4, 0.5) is 0 Å². The summed E-state index contributed by atoms with van der Waals surface area (Å²) in [5.74, 6) is 5.16. The fourth-order valence-electron chi connectivity index (χ4n) is 4.92. The molecule has 0 aliphatic heterocycles. The van der Waals surface area contributed by atoms with E-state index in [-0.39, 0.29) is 0 Å². The van der Waals surface area contributed by atoms with Crippen LogP contribution in [0.25, 0.3) is 0 Å². The fraction of sp³-hybridized carbons (Fsp3) is 0.886. The Hall–Kier alpha value is -0.600. The van der Waals surface area contributed by atoms with Gasteiger partial charge >= 0.3 is 0 Å². The van der Waals surface area contributed by atoms with Crippen LogP contribution in [0.5, 0.6) is 0 Å². The van der Waals surface area contributed by atoms with E-state index < -0.39 is 0 Å². The van der Waals surface area contributed by atoms with Crippen molar-refractivity contribution in [2.45, 2.75) is 136 Å². The highest BCUT2D eigenvalue weighted by Crippen LogP contribution is 2.69. The molecule has 3 aliphatic rings. The van der Waals surface area contributed by atoms with Gasteiger partial charge in [-0.15, -0.1) is 0 Å². The van der Waals surface area contributed by atoms with Crippen LogP contribution in [-0.4, -0.2) is 26.8 Å². The van der Waals surface area contributed by atoms with Crippen molar-refractivity contribution in [1.82, 2.24) is 5.32 Å². The van der Waals surface area contributed by atoms with Gasteiger partial charge < -0.3 is 10.1 Å². The number of methoxy groups -OCH3 is 1. The van der Waals surface area contributed by atoms with E-state index in [0.717, 1.165) is 48.5 Å². The number of nitrogens with one attached hydrogen (secondary N) is 1. The van der Waals surface area contributed by atoms with E-state index in [9.17, 15) is 0 Å². The molecule has 0 amide bonds. The maximum atomic E-state index is 5.58. The van der Waals surface area contributed by atoms with E-state index in [1.165, 1.54) is 18.4 Å². The molecule has 0 aromatic heterocycles. The van der Waals surface area contributed by atoms with Crippen molar-refractivity contribution in [2.24, 2.45) is 46.3 Å². The summed E-state index contributed by atoms with van der Waals surface area (Å²) >= 11 is 0. The number of hydrogen-bond acceptors (Lipinski definition) is 2. The van der Waals surface area contributed by atoms with Gasteiger partial charge in [-0.1, -0.05) is 128 Å². The van der Waals surface area contributed by atoms with Gasteiger partial charge in [0.2, 0.25) is 0 Å². The second-order valence-corrected chi connectivity index (χ2v) is 12.8. The normalized spacial score (nSPS) is 24.1. The van der Waals surface area contributed by atoms with Crippen molar-refractivity contribution in [3.8, 4) is 0 Å². The summed E-state index contributed by atoms with van der Waals surface area (Å²) in [5, 5.41) is 3.37. The summed E-state index contributed by atoms with van der Waals surface area (Å²) in [6.07, 6.45) is 10.9. The van der Waals surface area contributed by atoms with Gasteiger partial charge in [-0.25, -0.2) is 0 Å². The molecule has 0 bridgehead atoms. The minimum Gasteiger partial charge on any atom is -0.381 e. The van der Waals surface area contributed by atoms with Crippen LogP contribution in [0.3, 0.4) is 0 Å². The van der Waals surface area contributed by atoms with E-state index in [1.54, 1.807) is 0 Å². The Balaban J connectivity index is -0.000000477. The molecule has 0 saturated heterocycles. The van der Waals surface area contributed by atoms with Crippen molar-refractivity contribution in [1.29, 1.82) is 0 Å². The Morgan fingerprint density at radius 1 is 0.946 bits per heavy atom. The third-order valence-electron chi connectivity index (χ3n) is 8.43. The second kappa shape index (κ2) is 21.2. The third-order valence-corrected chi connectivity index (χ3v) is 8.43. The van der Waals surface area contributed by atoms with Gasteiger partial charge in [-0.05, 0) is 79.6 Å². The lowest BCUT2D eigenvalue weighted by molar-refractivity contribution is -0.0309. The molecule has 0 aromatic rings. The maximum Gasteiger partial charge on any atom is 0.0637 e. The average molecular weight is 524 g/mol. The monoisotopic (exact) mass is 524 g/mol. The van der Waals surface area contributed by atoms with Crippen LogP contribution in [0, 0.1) is 46.3 Å². The van der Waals surface area contributed by atoms with E-state index in [2.05, 4.69) is 114 Å². The first-order valence-corrected chi connectivity index (χ1v) is 15.7. The topological polar surface area (TPSA) is 21.3 Å². The summed E-state index contributed by atoms with van der Waals surface area (Å²) in [6.45, 7) is 36.4. The van der Waals surface area contributed by atoms with Crippen molar-refractivity contribution < 1.29 is 4.74 Å². The third kappa shape index (κ3) is 14.4. The fourth-order valence-corrected chi connectivity index (χ4v) is 4.92. The molecule has 37 heavy (non-hydrogen) atoms. The predicted molar refractivity (Wildman–Crippen MR) is 172 cm³/mol. The molecule has 224 valence electrons. The van der Waals surface area contributed by atoms with Crippen molar-refractivity contribution in [3.63, 3.8) is 0 Å². The smallest absolute Gasteiger partial charge is 0.0637 e. The largest absolute Gasteiger partial charge is 0.381 e. The molecule has 1 N–H and O–H groups in total. The summed E-state index contributed by atoms with van der Waals surface area (Å²) in [7, 11) is 3.94. The van der Waals surface area contributed by atoms with E-state index in [4.69, 9.17) is 4.74 Å². The zero-order chi connectivity index (χ0) is 30.0. The van der Waals surface area contributed by atoms with E-state index in [0.29, 0.717) is 16.9 Å². The van der Waals surface area contributed by atoms with Crippen molar-refractivity contribution >= 4 is 0 Å². The molecular formula is C35H73NO. The molecule has 3 aliphatic carbocycles. The number of allylic oxidation sites excluding steroid dienone is 4. The number of hydrogen-bond donors (Lipinski definition) is 1. The molecule has 5 unspecified atom stereocenters. The quantitative estimate of drug-likeness (QED) is 0.358. The molecule has 2 heteroatoms. The van der Waals surface area contributed by atoms with Gasteiger partial charge in [-0.3, -0.25) is 0 Å². The summed E-state index contributed by atoms with van der Waals surface area (Å²) < 4.78 is 5.58. The predicted octanol–water partition coefficient (Wildman–Crippen LogP) is 10.8. The Bertz CT molecular complexity index is 575. The zero-order valence-electron chi connectivity index (χ0n) is 29.0. The SMILES string of the molecule is CC.CC.CC(C)C.CC(C)C(C)C.CC1=CCC=C1.CCC(C)(C1CC2C(OC)C21)C(C)(C)CNC. The van der Waals surface area contributed by atoms with Crippen molar-refractivity contribution in [2.75, 3.05) is 20.7 Å². The molecule has 0 radical (unpaired) electrons. The van der Waals surface area contributed by atoms with Gasteiger partial charge in [0.25, 0.3) is 0 Å². The van der Waals surface area contributed by atoms with Crippen LogP contribution in [0.2, 0.25) is 0 Å². The Labute approximate surface area is 236 Å². The molecular weight excluding hydrogens is 450 g/mol. The van der Waals surface area contributed by atoms with E-state index >= 15 is 0 Å². The Morgan fingerprint density at radius 2 is 1.41 bits per heavy atom. The highest BCUT2D eigenvalue weighted by atomic mass is 16.5. The first-order chi connectivity index (χ1) is 17.2. The second-order valence-electron chi connectivity index (χ2n) is 12.8. The molecule has 5 atom stereocenters. The van der Waals surface area contributed by atoms with Gasteiger partial charge in [-0.2, -0.15) is 0 Å². The minimum atomic E-state index is 0.354. The lowest BCUT2D eigenvalue weighted by Crippen LogP contribution is -2.49. The Kier molecular flexibility index (Phi) is 23.5. The van der Waals surface area contributed by atoms with Crippen LogP contribution < -0.4 is 5.32 Å².